The van der Waals surface area contributed by atoms with Crippen molar-refractivity contribution in [1.82, 2.24) is 0 Å². The van der Waals surface area contributed by atoms with Gasteiger partial charge in [0.2, 0.25) is 0 Å². The molecule has 0 aliphatic carbocycles. The van der Waals surface area contributed by atoms with Gasteiger partial charge < -0.3 is 5.11 Å². The van der Waals surface area contributed by atoms with Gasteiger partial charge in [-0.3, -0.25) is 9.59 Å². The standard InChI is InChI=1S/C16H11NO3S/c18-13-8-4-5-11(9-13)10-14-15(19)17(16(20)21-14)12-6-2-1-3-7-12/h1-10,18H/b14-10-. The fourth-order valence-electron chi connectivity index (χ4n) is 2.03. The molecule has 0 aromatic heterocycles. The SMILES string of the molecule is O=C1S/C(=C\c2cccc(O)c2)C(=O)N1c1ccccc1. The number of para-hydroxylation sites is 1. The molecule has 0 saturated carbocycles. The average molecular weight is 297 g/mol. The summed E-state index contributed by atoms with van der Waals surface area (Å²) in [6, 6.07) is 15.3. The van der Waals surface area contributed by atoms with E-state index in [-0.39, 0.29) is 16.9 Å². The van der Waals surface area contributed by atoms with Crippen LogP contribution in [0.3, 0.4) is 0 Å². The van der Waals surface area contributed by atoms with Crippen LogP contribution in [0.25, 0.3) is 6.08 Å². The first-order chi connectivity index (χ1) is 10.1. The van der Waals surface area contributed by atoms with Gasteiger partial charge in [0.05, 0.1) is 10.6 Å². The zero-order chi connectivity index (χ0) is 14.8. The first-order valence-electron chi connectivity index (χ1n) is 6.27. The third kappa shape index (κ3) is 2.68. The van der Waals surface area contributed by atoms with Crippen molar-refractivity contribution in [3.05, 3.63) is 65.1 Å². The summed E-state index contributed by atoms with van der Waals surface area (Å²) in [4.78, 5) is 25.9. The molecule has 3 rings (SSSR count). The molecule has 1 aliphatic rings. The molecule has 1 saturated heterocycles. The monoisotopic (exact) mass is 297 g/mol. The van der Waals surface area contributed by atoms with Crippen molar-refractivity contribution in [3.8, 4) is 5.75 Å². The third-order valence-corrected chi connectivity index (χ3v) is 3.85. The van der Waals surface area contributed by atoms with E-state index in [1.54, 1.807) is 48.5 Å². The van der Waals surface area contributed by atoms with Crippen LogP contribution >= 0.6 is 11.8 Å². The molecule has 0 bridgehead atoms. The Labute approximate surface area is 125 Å². The Bertz CT molecular complexity index is 740. The zero-order valence-corrected chi connectivity index (χ0v) is 11.7. The maximum Gasteiger partial charge on any atom is 0.298 e. The number of benzene rings is 2. The fourth-order valence-corrected chi connectivity index (χ4v) is 2.87. The van der Waals surface area contributed by atoms with Crippen LogP contribution in [-0.4, -0.2) is 16.3 Å². The zero-order valence-electron chi connectivity index (χ0n) is 10.9. The number of thioether (sulfide) groups is 1. The Morgan fingerprint density at radius 1 is 1.00 bits per heavy atom. The summed E-state index contributed by atoms with van der Waals surface area (Å²) < 4.78 is 0. The van der Waals surface area contributed by atoms with Gasteiger partial charge in [0.25, 0.3) is 11.1 Å². The molecule has 4 nitrogen and oxygen atoms in total. The highest BCUT2D eigenvalue weighted by atomic mass is 32.2. The summed E-state index contributed by atoms with van der Waals surface area (Å²) in [5.41, 5.74) is 1.23. The molecule has 5 heteroatoms. The number of anilines is 1. The number of rotatable bonds is 2. The number of nitrogens with zero attached hydrogens (tertiary/aromatic N) is 1. The van der Waals surface area contributed by atoms with E-state index in [4.69, 9.17) is 0 Å². The highest BCUT2D eigenvalue weighted by Crippen LogP contribution is 2.35. The van der Waals surface area contributed by atoms with Crippen LogP contribution in [0.4, 0.5) is 10.5 Å². The minimum absolute atomic E-state index is 0.117. The molecule has 1 aliphatic heterocycles. The van der Waals surface area contributed by atoms with Gasteiger partial charge in [-0.25, -0.2) is 4.90 Å². The number of amides is 2. The quantitative estimate of drug-likeness (QED) is 0.860. The fraction of sp³-hybridized carbons (Fsp3) is 0. The first kappa shape index (κ1) is 13.5. The predicted octanol–water partition coefficient (Wildman–Crippen LogP) is 3.63. The highest BCUT2D eigenvalue weighted by Gasteiger charge is 2.36. The van der Waals surface area contributed by atoms with Crippen LogP contribution in [0.5, 0.6) is 5.75 Å². The molecule has 21 heavy (non-hydrogen) atoms. The number of phenols is 1. The van der Waals surface area contributed by atoms with Gasteiger partial charge in [-0.2, -0.15) is 0 Å². The molecule has 0 unspecified atom stereocenters. The van der Waals surface area contributed by atoms with Crippen molar-refractivity contribution in [3.63, 3.8) is 0 Å². The Kier molecular flexibility index (Phi) is 3.50. The van der Waals surface area contributed by atoms with E-state index in [1.165, 1.54) is 6.07 Å². The lowest BCUT2D eigenvalue weighted by Gasteiger charge is -2.11. The van der Waals surface area contributed by atoms with E-state index >= 15 is 0 Å². The van der Waals surface area contributed by atoms with Crippen molar-refractivity contribution in [2.75, 3.05) is 4.90 Å². The second kappa shape index (κ2) is 5.46. The summed E-state index contributed by atoms with van der Waals surface area (Å²) in [5.74, 6) is -0.231. The van der Waals surface area contributed by atoms with E-state index in [1.807, 2.05) is 6.07 Å². The molecule has 0 radical (unpaired) electrons. The molecule has 2 aromatic rings. The van der Waals surface area contributed by atoms with E-state index in [0.717, 1.165) is 16.7 Å². The Balaban J connectivity index is 1.94. The topological polar surface area (TPSA) is 57.6 Å². The van der Waals surface area contributed by atoms with Crippen molar-refractivity contribution in [2.24, 2.45) is 0 Å². The first-order valence-corrected chi connectivity index (χ1v) is 7.09. The van der Waals surface area contributed by atoms with Gasteiger partial charge in [-0.15, -0.1) is 0 Å². The van der Waals surface area contributed by atoms with Crippen LogP contribution in [-0.2, 0) is 4.79 Å². The summed E-state index contributed by atoms with van der Waals surface area (Å²) in [5, 5.41) is 9.11. The van der Waals surface area contributed by atoms with Crippen molar-refractivity contribution in [1.29, 1.82) is 0 Å². The van der Waals surface area contributed by atoms with Gasteiger partial charge in [-0.05, 0) is 47.7 Å². The molecule has 0 atom stereocenters. The molecular formula is C16H11NO3S. The second-order valence-corrected chi connectivity index (χ2v) is 5.44. The van der Waals surface area contributed by atoms with Crippen molar-refractivity contribution < 1.29 is 14.7 Å². The van der Waals surface area contributed by atoms with Gasteiger partial charge in [0.15, 0.2) is 0 Å². The summed E-state index contributed by atoms with van der Waals surface area (Å²) in [7, 11) is 0. The number of aromatic hydroxyl groups is 1. The van der Waals surface area contributed by atoms with Gasteiger partial charge in [0.1, 0.15) is 5.75 Å². The maximum atomic E-state index is 12.4. The predicted molar refractivity (Wildman–Crippen MR) is 83.0 cm³/mol. The van der Waals surface area contributed by atoms with Crippen LogP contribution < -0.4 is 4.90 Å². The summed E-state index contributed by atoms with van der Waals surface area (Å²) in [6.45, 7) is 0. The van der Waals surface area contributed by atoms with E-state index in [2.05, 4.69) is 0 Å². The number of imide groups is 1. The van der Waals surface area contributed by atoms with Gasteiger partial charge in [0, 0.05) is 0 Å². The minimum atomic E-state index is -0.348. The molecule has 104 valence electrons. The maximum absolute atomic E-state index is 12.4. The van der Waals surface area contributed by atoms with Crippen LogP contribution in [0.1, 0.15) is 5.56 Å². The third-order valence-electron chi connectivity index (χ3n) is 2.98. The molecule has 2 amide bonds. The van der Waals surface area contributed by atoms with Crippen molar-refractivity contribution in [2.45, 2.75) is 0 Å². The summed E-state index contributed by atoms with van der Waals surface area (Å²) in [6.07, 6.45) is 1.60. The molecule has 0 spiro atoms. The van der Waals surface area contributed by atoms with Gasteiger partial charge in [-0.1, -0.05) is 30.3 Å². The Morgan fingerprint density at radius 3 is 2.48 bits per heavy atom. The van der Waals surface area contributed by atoms with E-state index in [9.17, 15) is 14.7 Å². The lowest BCUT2D eigenvalue weighted by atomic mass is 10.2. The minimum Gasteiger partial charge on any atom is -0.508 e. The largest absolute Gasteiger partial charge is 0.508 e. The van der Waals surface area contributed by atoms with Crippen LogP contribution in [0, 0.1) is 0 Å². The molecule has 2 aromatic carbocycles. The number of carbonyl (C=O) groups excluding carboxylic acids is 2. The summed E-state index contributed by atoms with van der Waals surface area (Å²) >= 11 is 0.894. The lowest BCUT2D eigenvalue weighted by molar-refractivity contribution is -0.113. The van der Waals surface area contributed by atoms with Gasteiger partial charge >= 0.3 is 0 Å². The molecule has 1 N–H and O–H groups in total. The van der Waals surface area contributed by atoms with Crippen LogP contribution in [0.2, 0.25) is 0 Å². The normalized spacial score (nSPS) is 16.8. The van der Waals surface area contributed by atoms with Crippen LogP contribution in [0.15, 0.2) is 59.5 Å². The second-order valence-electron chi connectivity index (χ2n) is 4.45. The molecule has 1 fully saturated rings. The van der Waals surface area contributed by atoms with E-state index < -0.39 is 0 Å². The Hall–Kier alpha value is -2.53. The number of carbonyl (C=O) groups is 2. The number of hydrogen-bond donors (Lipinski definition) is 1. The smallest absolute Gasteiger partial charge is 0.298 e. The van der Waals surface area contributed by atoms with Crippen molar-refractivity contribution >= 4 is 34.7 Å². The Morgan fingerprint density at radius 2 is 1.76 bits per heavy atom. The lowest BCUT2D eigenvalue weighted by Crippen LogP contribution is -2.27. The number of hydrogen-bond acceptors (Lipinski definition) is 4. The highest BCUT2D eigenvalue weighted by molar-refractivity contribution is 8.19. The average Bonchev–Trinajstić information content (AvgIpc) is 2.74. The molecule has 1 heterocycles. The molecular weight excluding hydrogens is 286 g/mol. The number of phenolic OH excluding ortho intramolecular Hbond substituents is 1. The van der Waals surface area contributed by atoms with E-state index in [0.29, 0.717) is 16.2 Å².